The molecule has 1 aromatic carbocycles. The van der Waals surface area contributed by atoms with Gasteiger partial charge in [-0.1, -0.05) is 18.2 Å². The maximum atomic E-state index is 12.5. The number of thioether (sulfide) groups is 1. The molecule has 0 aliphatic carbocycles. The summed E-state index contributed by atoms with van der Waals surface area (Å²) >= 11 is 1.51. The quantitative estimate of drug-likeness (QED) is 0.868. The van der Waals surface area contributed by atoms with E-state index in [1.54, 1.807) is 0 Å². The first-order valence-corrected chi connectivity index (χ1v) is 7.92. The van der Waals surface area contributed by atoms with Crippen LogP contribution in [0.2, 0.25) is 0 Å². The van der Waals surface area contributed by atoms with Crippen LogP contribution in [0.1, 0.15) is 12.2 Å². The lowest BCUT2D eigenvalue weighted by Crippen LogP contribution is -2.28. The molecular weight excluding hydrogens is 300 g/mol. The van der Waals surface area contributed by atoms with Crippen molar-refractivity contribution >= 4 is 35.3 Å². The summed E-state index contributed by atoms with van der Waals surface area (Å²) in [5.41, 5.74) is 12.0. The van der Waals surface area contributed by atoms with Gasteiger partial charge in [0.2, 0.25) is 17.8 Å². The molecule has 0 saturated carbocycles. The number of carbonyl (C=O) groups excluding carboxylic acids is 1. The SMILES string of the molecule is Nc1nc(N)nc(CS[C@@H]2CCN(c3ccccc3)C2=O)n1. The molecule has 1 aromatic heterocycles. The van der Waals surface area contributed by atoms with Crippen molar-refractivity contribution in [1.82, 2.24) is 15.0 Å². The van der Waals surface area contributed by atoms with Gasteiger partial charge in [-0.3, -0.25) is 4.79 Å². The smallest absolute Gasteiger partial charge is 0.240 e. The minimum atomic E-state index is -0.0978. The molecule has 0 unspecified atom stereocenters. The monoisotopic (exact) mass is 316 g/mol. The Kier molecular flexibility index (Phi) is 4.10. The number of anilines is 3. The molecule has 22 heavy (non-hydrogen) atoms. The van der Waals surface area contributed by atoms with Crippen LogP contribution < -0.4 is 16.4 Å². The van der Waals surface area contributed by atoms with Gasteiger partial charge in [0, 0.05) is 12.2 Å². The van der Waals surface area contributed by atoms with Crippen LogP contribution in [-0.2, 0) is 10.5 Å². The maximum Gasteiger partial charge on any atom is 0.240 e. The summed E-state index contributed by atoms with van der Waals surface area (Å²) in [5, 5.41) is -0.0978. The lowest BCUT2D eigenvalue weighted by molar-refractivity contribution is -0.116. The number of nitrogens with two attached hydrogens (primary N) is 2. The van der Waals surface area contributed by atoms with Crippen molar-refractivity contribution in [1.29, 1.82) is 0 Å². The van der Waals surface area contributed by atoms with Crippen LogP contribution in [-0.4, -0.2) is 32.7 Å². The Labute approximate surface area is 132 Å². The van der Waals surface area contributed by atoms with Gasteiger partial charge in [-0.25, -0.2) is 0 Å². The molecule has 1 fully saturated rings. The Balaban J connectivity index is 1.64. The summed E-state index contributed by atoms with van der Waals surface area (Å²) in [6, 6.07) is 9.68. The molecular formula is C14H16N6OS. The van der Waals surface area contributed by atoms with E-state index in [2.05, 4.69) is 15.0 Å². The number of benzene rings is 1. The summed E-state index contributed by atoms with van der Waals surface area (Å²) in [7, 11) is 0. The number of carbonyl (C=O) groups is 1. The number of hydrogen-bond acceptors (Lipinski definition) is 7. The molecule has 1 atom stereocenters. The van der Waals surface area contributed by atoms with Crippen molar-refractivity contribution in [3.63, 3.8) is 0 Å². The highest BCUT2D eigenvalue weighted by Gasteiger charge is 2.32. The summed E-state index contributed by atoms with van der Waals surface area (Å²) in [4.78, 5) is 26.1. The Morgan fingerprint density at radius 3 is 2.50 bits per heavy atom. The number of rotatable bonds is 4. The van der Waals surface area contributed by atoms with Crippen LogP contribution in [0.15, 0.2) is 30.3 Å². The van der Waals surface area contributed by atoms with Crippen molar-refractivity contribution in [2.24, 2.45) is 0 Å². The predicted molar refractivity (Wildman–Crippen MR) is 87.1 cm³/mol. The van der Waals surface area contributed by atoms with E-state index >= 15 is 0 Å². The Bertz CT molecular complexity index is 660. The molecule has 114 valence electrons. The molecule has 0 radical (unpaired) electrons. The number of nitrogen functional groups attached to an aromatic ring is 2. The van der Waals surface area contributed by atoms with Gasteiger partial charge in [0.15, 0.2) is 0 Å². The van der Waals surface area contributed by atoms with Crippen LogP contribution >= 0.6 is 11.8 Å². The van der Waals surface area contributed by atoms with E-state index in [-0.39, 0.29) is 23.1 Å². The van der Waals surface area contributed by atoms with Crippen molar-refractivity contribution in [2.75, 3.05) is 22.9 Å². The second-order valence-corrected chi connectivity index (χ2v) is 6.07. The van der Waals surface area contributed by atoms with Crippen LogP contribution in [0, 0.1) is 0 Å². The molecule has 1 aliphatic rings. The van der Waals surface area contributed by atoms with Crippen LogP contribution in [0.4, 0.5) is 17.6 Å². The third-order valence-corrected chi connectivity index (χ3v) is 4.62. The predicted octanol–water partition coefficient (Wildman–Crippen LogP) is 1.07. The van der Waals surface area contributed by atoms with Gasteiger partial charge in [0.05, 0.1) is 11.0 Å². The second-order valence-electron chi connectivity index (χ2n) is 4.88. The molecule has 1 aliphatic heterocycles. The average Bonchev–Trinajstić information content (AvgIpc) is 2.86. The van der Waals surface area contributed by atoms with Gasteiger partial charge in [-0.2, -0.15) is 15.0 Å². The number of amides is 1. The number of hydrogen-bond donors (Lipinski definition) is 2. The summed E-state index contributed by atoms with van der Waals surface area (Å²) in [5.74, 6) is 1.31. The third kappa shape index (κ3) is 3.11. The minimum absolute atomic E-state index is 0.0978. The standard InChI is InChI=1S/C14H16N6OS/c15-13-17-11(18-14(16)19-13)8-22-10-6-7-20(12(10)21)9-4-2-1-3-5-9/h1-5,10H,6-8H2,(H4,15,16,17,18,19)/t10-/m1/s1. The number of para-hydroxylation sites is 1. The molecule has 0 bridgehead atoms. The fourth-order valence-electron chi connectivity index (χ4n) is 2.37. The zero-order valence-corrected chi connectivity index (χ0v) is 12.7. The zero-order valence-electron chi connectivity index (χ0n) is 11.8. The molecule has 2 heterocycles. The van der Waals surface area contributed by atoms with E-state index in [1.807, 2.05) is 35.2 Å². The van der Waals surface area contributed by atoms with Crippen molar-refractivity contribution in [3.05, 3.63) is 36.2 Å². The minimum Gasteiger partial charge on any atom is -0.368 e. The number of aromatic nitrogens is 3. The molecule has 1 amide bonds. The fraction of sp³-hybridized carbons (Fsp3) is 0.286. The van der Waals surface area contributed by atoms with E-state index in [4.69, 9.17) is 11.5 Å². The Morgan fingerprint density at radius 2 is 1.82 bits per heavy atom. The molecule has 7 nitrogen and oxygen atoms in total. The highest BCUT2D eigenvalue weighted by Crippen LogP contribution is 2.29. The molecule has 8 heteroatoms. The first-order chi connectivity index (χ1) is 10.6. The van der Waals surface area contributed by atoms with E-state index in [9.17, 15) is 4.79 Å². The normalized spacial score (nSPS) is 17.9. The first kappa shape index (κ1) is 14.6. The Hall–Kier alpha value is -2.35. The highest BCUT2D eigenvalue weighted by molar-refractivity contribution is 7.99. The average molecular weight is 316 g/mol. The van der Waals surface area contributed by atoms with Gasteiger partial charge < -0.3 is 16.4 Å². The molecule has 0 spiro atoms. The van der Waals surface area contributed by atoms with Gasteiger partial charge in [-0.05, 0) is 18.6 Å². The summed E-state index contributed by atoms with van der Waals surface area (Å²) < 4.78 is 0. The lowest BCUT2D eigenvalue weighted by Gasteiger charge is -2.16. The lowest BCUT2D eigenvalue weighted by atomic mass is 10.3. The third-order valence-electron chi connectivity index (χ3n) is 3.35. The zero-order chi connectivity index (χ0) is 15.5. The molecule has 2 aromatic rings. The summed E-state index contributed by atoms with van der Waals surface area (Å²) in [6.07, 6.45) is 0.800. The van der Waals surface area contributed by atoms with Gasteiger partial charge in [-0.15, -0.1) is 11.8 Å². The van der Waals surface area contributed by atoms with Crippen molar-refractivity contribution < 1.29 is 4.79 Å². The van der Waals surface area contributed by atoms with Crippen LogP contribution in [0.25, 0.3) is 0 Å². The van der Waals surface area contributed by atoms with E-state index in [0.29, 0.717) is 11.6 Å². The largest absolute Gasteiger partial charge is 0.368 e. The van der Waals surface area contributed by atoms with E-state index in [0.717, 1.165) is 18.7 Å². The Morgan fingerprint density at radius 1 is 1.14 bits per heavy atom. The van der Waals surface area contributed by atoms with Crippen molar-refractivity contribution in [3.8, 4) is 0 Å². The first-order valence-electron chi connectivity index (χ1n) is 6.87. The maximum absolute atomic E-state index is 12.5. The van der Waals surface area contributed by atoms with Crippen molar-refractivity contribution in [2.45, 2.75) is 17.4 Å². The van der Waals surface area contributed by atoms with E-state index < -0.39 is 0 Å². The van der Waals surface area contributed by atoms with Gasteiger partial charge in [0.25, 0.3) is 0 Å². The molecule has 3 rings (SSSR count). The topological polar surface area (TPSA) is 111 Å². The van der Waals surface area contributed by atoms with Gasteiger partial charge >= 0.3 is 0 Å². The van der Waals surface area contributed by atoms with Crippen LogP contribution in [0.3, 0.4) is 0 Å². The van der Waals surface area contributed by atoms with Crippen LogP contribution in [0.5, 0.6) is 0 Å². The fourth-order valence-corrected chi connectivity index (χ4v) is 3.39. The molecule has 1 saturated heterocycles. The van der Waals surface area contributed by atoms with E-state index in [1.165, 1.54) is 11.8 Å². The summed E-state index contributed by atoms with van der Waals surface area (Å²) in [6.45, 7) is 0.724. The second kappa shape index (κ2) is 6.18. The highest BCUT2D eigenvalue weighted by atomic mass is 32.2. The van der Waals surface area contributed by atoms with Gasteiger partial charge in [0.1, 0.15) is 5.82 Å². The number of nitrogens with zero attached hydrogens (tertiary/aromatic N) is 4. The molecule has 4 N–H and O–H groups in total.